The zero-order chi connectivity index (χ0) is 9.73. The van der Waals surface area contributed by atoms with E-state index in [9.17, 15) is 0 Å². The van der Waals surface area contributed by atoms with Crippen LogP contribution in [0.1, 0.15) is 40.0 Å². The Hall–Kier alpha value is -0.0800. The van der Waals surface area contributed by atoms with Crippen LogP contribution in [0.4, 0.5) is 0 Å². The molecule has 0 amide bonds. The van der Waals surface area contributed by atoms with Gasteiger partial charge in [0.25, 0.3) is 0 Å². The van der Waals surface area contributed by atoms with Crippen LogP contribution in [-0.4, -0.2) is 36.6 Å². The second-order valence-electron chi connectivity index (χ2n) is 4.10. The molecule has 0 aromatic rings. The molecule has 2 nitrogen and oxygen atoms in total. The Labute approximate surface area is 82.7 Å². The second kappa shape index (κ2) is 4.97. The summed E-state index contributed by atoms with van der Waals surface area (Å²) in [4.78, 5) is 2.68. The first kappa shape index (κ1) is 11.0. The van der Waals surface area contributed by atoms with Crippen molar-refractivity contribution in [3.63, 3.8) is 0 Å². The molecule has 2 heteroatoms. The standard InChI is InChI=1S/C11H24N2/c1-4-8-13-9-7-12-10-11(13,5-2)6-3/h12H,4-10H2,1-3H3. The van der Waals surface area contributed by atoms with E-state index in [4.69, 9.17) is 0 Å². The van der Waals surface area contributed by atoms with Crippen molar-refractivity contribution in [3.05, 3.63) is 0 Å². The molecule has 0 saturated carbocycles. The van der Waals surface area contributed by atoms with Crippen molar-refractivity contribution in [1.82, 2.24) is 10.2 Å². The largest absolute Gasteiger partial charge is 0.314 e. The summed E-state index contributed by atoms with van der Waals surface area (Å²) in [7, 11) is 0. The molecule has 1 aliphatic rings. The van der Waals surface area contributed by atoms with E-state index in [1.807, 2.05) is 0 Å². The van der Waals surface area contributed by atoms with Gasteiger partial charge >= 0.3 is 0 Å². The zero-order valence-corrected chi connectivity index (χ0v) is 9.40. The summed E-state index contributed by atoms with van der Waals surface area (Å²) in [5.74, 6) is 0. The van der Waals surface area contributed by atoms with Gasteiger partial charge in [0.2, 0.25) is 0 Å². The minimum absolute atomic E-state index is 0.453. The van der Waals surface area contributed by atoms with Crippen molar-refractivity contribution in [2.24, 2.45) is 0 Å². The minimum atomic E-state index is 0.453. The van der Waals surface area contributed by atoms with Crippen LogP contribution < -0.4 is 5.32 Å². The highest BCUT2D eigenvalue weighted by atomic mass is 15.3. The summed E-state index contributed by atoms with van der Waals surface area (Å²) in [5, 5.41) is 3.52. The molecule has 0 aliphatic carbocycles. The average molecular weight is 184 g/mol. The Morgan fingerprint density at radius 2 is 1.92 bits per heavy atom. The van der Waals surface area contributed by atoms with Gasteiger partial charge in [-0.05, 0) is 25.8 Å². The van der Waals surface area contributed by atoms with Crippen LogP contribution in [0.25, 0.3) is 0 Å². The van der Waals surface area contributed by atoms with Crippen molar-refractivity contribution < 1.29 is 0 Å². The molecule has 0 aromatic carbocycles. The first-order valence-corrected chi connectivity index (χ1v) is 5.75. The van der Waals surface area contributed by atoms with Crippen molar-refractivity contribution in [3.8, 4) is 0 Å². The number of hydrogen-bond acceptors (Lipinski definition) is 2. The monoisotopic (exact) mass is 184 g/mol. The molecule has 0 bridgehead atoms. The van der Waals surface area contributed by atoms with Crippen molar-refractivity contribution >= 4 is 0 Å². The molecule has 1 heterocycles. The Morgan fingerprint density at radius 1 is 1.23 bits per heavy atom. The first-order valence-electron chi connectivity index (χ1n) is 5.75. The lowest BCUT2D eigenvalue weighted by atomic mass is 9.88. The van der Waals surface area contributed by atoms with E-state index in [-0.39, 0.29) is 0 Å². The van der Waals surface area contributed by atoms with Gasteiger partial charge in [0.05, 0.1) is 0 Å². The maximum Gasteiger partial charge on any atom is 0.0329 e. The van der Waals surface area contributed by atoms with Crippen LogP contribution in [-0.2, 0) is 0 Å². The van der Waals surface area contributed by atoms with Gasteiger partial charge in [-0.2, -0.15) is 0 Å². The lowest BCUT2D eigenvalue weighted by Crippen LogP contribution is -2.60. The number of hydrogen-bond donors (Lipinski definition) is 1. The zero-order valence-electron chi connectivity index (χ0n) is 9.40. The molecule has 0 spiro atoms. The van der Waals surface area contributed by atoms with Crippen molar-refractivity contribution in [1.29, 1.82) is 0 Å². The van der Waals surface area contributed by atoms with Crippen molar-refractivity contribution in [2.45, 2.75) is 45.6 Å². The SMILES string of the molecule is CCCN1CCNCC1(CC)CC. The normalized spacial score (nSPS) is 23.3. The third-order valence-electron chi connectivity index (χ3n) is 3.49. The van der Waals surface area contributed by atoms with Crippen LogP contribution in [0.5, 0.6) is 0 Å². The molecule has 0 atom stereocenters. The van der Waals surface area contributed by atoms with E-state index < -0.39 is 0 Å². The fourth-order valence-corrected chi connectivity index (χ4v) is 2.45. The number of nitrogens with zero attached hydrogens (tertiary/aromatic N) is 1. The summed E-state index contributed by atoms with van der Waals surface area (Å²) in [6.45, 7) is 11.8. The van der Waals surface area contributed by atoms with Gasteiger partial charge in [-0.3, -0.25) is 4.90 Å². The van der Waals surface area contributed by atoms with E-state index in [1.54, 1.807) is 0 Å². The smallest absolute Gasteiger partial charge is 0.0329 e. The van der Waals surface area contributed by atoms with E-state index in [2.05, 4.69) is 31.0 Å². The summed E-state index contributed by atoms with van der Waals surface area (Å²) in [6, 6.07) is 0. The minimum Gasteiger partial charge on any atom is -0.314 e. The number of nitrogens with one attached hydrogen (secondary N) is 1. The Bertz CT molecular complexity index is 139. The summed E-state index contributed by atoms with van der Waals surface area (Å²) >= 11 is 0. The molecule has 0 aromatic heterocycles. The third-order valence-corrected chi connectivity index (χ3v) is 3.49. The van der Waals surface area contributed by atoms with Gasteiger partial charge in [0.15, 0.2) is 0 Å². The van der Waals surface area contributed by atoms with Gasteiger partial charge in [-0.25, -0.2) is 0 Å². The predicted octanol–water partition coefficient (Wildman–Crippen LogP) is 1.86. The quantitative estimate of drug-likeness (QED) is 0.717. The first-order chi connectivity index (χ1) is 6.29. The molecule has 1 saturated heterocycles. The van der Waals surface area contributed by atoms with Crippen LogP contribution in [0.15, 0.2) is 0 Å². The lowest BCUT2D eigenvalue weighted by Gasteiger charge is -2.47. The Kier molecular flexibility index (Phi) is 4.20. The van der Waals surface area contributed by atoms with Crippen LogP contribution >= 0.6 is 0 Å². The fraction of sp³-hybridized carbons (Fsp3) is 1.00. The van der Waals surface area contributed by atoms with Crippen LogP contribution in [0.2, 0.25) is 0 Å². The summed E-state index contributed by atoms with van der Waals surface area (Å²) in [5.41, 5.74) is 0.453. The summed E-state index contributed by atoms with van der Waals surface area (Å²) in [6.07, 6.45) is 3.83. The molecule has 1 fully saturated rings. The Balaban J connectivity index is 2.63. The highest BCUT2D eigenvalue weighted by Crippen LogP contribution is 2.25. The van der Waals surface area contributed by atoms with E-state index in [0.717, 1.165) is 0 Å². The van der Waals surface area contributed by atoms with Gasteiger partial charge in [0.1, 0.15) is 0 Å². The predicted molar refractivity (Wildman–Crippen MR) is 58.0 cm³/mol. The lowest BCUT2D eigenvalue weighted by molar-refractivity contribution is 0.0523. The topological polar surface area (TPSA) is 15.3 Å². The molecule has 0 radical (unpaired) electrons. The average Bonchev–Trinajstić information content (AvgIpc) is 2.20. The third kappa shape index (κ3) is 2.23. The van der Waals surface area contributed by atoms with Gasteiger partial charge in [0, 0.05) is 25.2 Å². The summed E-state index contributed by atoms with van der Waals surface area (Å²) < 4.78 is 0. The highest BCUT2D eigenvalue weighted by Gasteiger charge is 2.34. The molecule has 1 aliphatic heterocycles. The van der Waals surface area contributed by atoms with E-state index in [0.29, 0.717) is 5.54 Å². The van der Waals surface area contributed by atoms with E-state index in [1.165, 1.54) is 45.4 Å². The molecule has 1 N–H and O–H groups in total. The van der Waals surface area contributed by atoms with Gasteiger partial charge in [-0.1, -0.05) is 20.8 Å². The highest BCUT2D eigenvalue weighted by molar-refractivity contribution is 4.93. The molecular weight excluding hydrogens is 160 g/mol. The maximum atomic E-state index is 3.52. The maximum absolute atomic E-state index is 3.52. The fourth-order valence-electron chi connectivity index (χ4n) is 2.45. The van der Waals surface area contributed by atoms with E-state index >= 15 is 0 Å². The van der Waals surface area contributed by atoms with Crippen molar-refractivity contribution in [2.75, 3.05) is 26.2 Å². The van der Waals surface area contributed by atoms with Gasteiger partial charge in [-0.15, -0.1) is 0 Å². The molecule has 13 heavy (non-hydrogen) atoms. The van der Waals surface area contributed by atoms with Crippen LogP contribution in [0, 0.1) is 0 Å². The molecule has 1 rings (SSSR count). The molecule has 0 unspecified atom stereocenters. The number of piperazine rings is 1. The molecular formula is C11H24N2. The Morgan fingerprint density at radius 3 is 2.46 bits per heavy atom. The van der Waals surface area contributed by atoms with Crippen LogP contribution in [0.3, 0.4) is 0 Å². The van der Waals surface area contributed by atoms with Gasteiger partial charge < -0.3 is 5.32 Å². The number of rotatable bonds is 4. The second-order valence-corrected chi connectivity index (χ2v) is 4.10. The molecule has 78 valence electrons.